The van der Waals surface area contributed by atoms with E-state index in [2.05, 4.69) is 5.32 Å². The van der Waals surface area contributed by atoms with Crippen molar-refractivity contribution in [3.63, 3.8) is 0 Å². The molecule has 7 nitrogen and oxygen atoms in total. The molecule has 0 spiro atoms. The lowest BCUT2D eigenvalue weighted by Crippen LogP contribution is -2.45. The minimum atomic E-state index is -3.93. The number of benzene rings is 2. The van der Waals surface area contributed by atoms with Gasteiger partial charge in [-0.2, -0.15) is 0 Å². The van der Waals surface area contributed by atoms with Gasteiger partial charge in [0.2, 0.25) is 15.9 Å². The van der Waals surface area contributed by atoms with Gasteiger partial charge < -0.3 is 5.32 Å². The minimum absolute atomic E-state index is 0.0952. The molecule has 0 radical (unpaired) electrons. The van der Waals surface area contributed by atoms with Gasteiger partial charge in [-0.25, -0.2) is 12.8 Å². The number of aryl methyl sites for hydroxylation is 1. The standard InChI is InChI=1S/C19H20FN3O4S2/c1-4-22-16-10-9-13(11-17(16)28-19(22)25)21-18(24)12(2)23(29(3,26)27)15-8-6-5-7-14(15)20/h5-12H,4H2,1-3H3,(H,21,24)/t12-/m0/s1. The highest BCUT2D eigenvalue weighted by Gasteiger charge is 2.31. The van der Waals surface area contributed by atoms with Gasteiger partial charge >= 0.3 is 4.87 Å². The molecule has 0 aliphatic carbocycles. The van der Waals surface area contributed by atoms with Gasteiger partial charge in [0.05, 0.1) is 22.2 Å². The fourth-order valence-corrected chi connectivity index (χ4v) is 5.27. The zero-order valence-electron chi connectivity index (χ0n) is 16.0. The Labute approximate surface area is 171 Å². The lowest BCUT2D eigenvalue weighted by molar-refractivity contribution is -0.116. The second-order valence-electron chi connectivity index (χ2n) is 6.47. The first kappa shape index (κ1) is 21.0. The molecule has 1 heterocycles. The fourth-order valence-electron chi connectivity index (χ4n) is 3.10. The molecule has 3 aromatic rings. The minimum Gasteiger partial charge on any atom is -0.324 e. The topological polar surface area (TPSA) is 88.5 Å². The summed E-state index contributed by atoms with van der Waals surface area (Å²) >= 11 is 1.06. The van der Waals surface area contributed by atoms with Gasteiger partial charge in [-0.3, -0.25) is 18.5 Å². The Morgan fingerprint density at radius 3 is 2.59 bits per heavy atom. The molecular weight excluding hydrogens is 417 g/mol. The maximum Gasteiger partial charge on any atom is 0.308 e. The van der Waals surface area contributed by atoms with Crippen LogP contribution in [0.15, 0.2) is 47.3 Å². The first-order chi connectivity index (χ1) is 13.6. The van der Waals surface area contributed by atoms with Crippen molar-refractivity contribution >= 4 is 48.9 Å². The van der Waals surface area contributed by atoms with Crippen molar-refractivity contribution in [2.75, 3.05) is 15.9 Å². The van der Waals surface area contributed by atoms with Gasteiger partial charge in [-0.1, -0.05) is 23.5 Å². The summed E-state index contributed by atoms with van der Waals surface area (Å²) in [7, 11) is -3.93. The Morgan fingerprint density at radius 1 is 1.28 bits per heavy atom. The zero-order chi connectivity index (χ0) is 21.3. The molecule has 0 saturated heterocycles. The molecule has 1 amide bonds. The van der Waals surface area contributed by atoms with Crippen molar-refractivity contribution in [3.8, 4) is 0 Å². The molecule has 1 aromatic heterocycles. The molecule has 0 aliphatic rings. The van der Waals surface area contributed by atoms with Crippen LogP contribution >= 0.6 is 11.3 Å². The van der Waals surface area contributed by atoms with E-state index < -0.39 is 27.8 Å². The van der Waals surface area contributed by atoms with Crippen molar-refractivity contribution in [2.45, 2.75) is 26.4 Å². The van der Waals surface area contributed by atoms with Gasteiger partial charge in [0.1, 0.15) is 11.9 Å². The first-order valence-corrected chi connectivity index (χ1v) is 11.5. The van der Waals surface area contributed by atoms with E-state index in [-0.39, 0.29) is 10.6 Å². The summed E-state index contributed by atoms with van der Waals surface area (Å²) in [5.41, 5.74) is 0.977. The number of nitrogens with one attached hydrogen (secondary N) is 1. The molecule has 0 unspecified atom stereocenters. The van der Waals surface area contributed by atoms with E-state index in [0.29, 0.717) is 16.9 Å². The number of sulfonamides is 1. The number of hydrogen-bond donors (Lipinski definition) is 1. The second kappa shape index (κ2) is 7.96. The SMILES string of the molecule is CCn1c(=O)sc2cc(NC(=O)[C@H](C)N(c3ccccc3F)S(C)(=O)=O)ccc21. The van der Waals surface area contributed by atoms with Crippen LogP contribution in [0, 0.1) is 5.82 Å². The quantitative estimate of drug-likeness (QED) is 0.642. The lowest BCUT2D eigenvalue weighted by Gasteiger charge is -2.28. The molecule has 1 N–H and O–H groups in total. The van der Waals surface area contributed by atoms with Crippen LogP contribution in [0.4, 0.5) is 15.8 Å². The number of fused-ring (bicyclic) bond motifs is 1. The number of halogens is 1. The van der Waals surface area contributed by atoms with E-state index in [1.165, 1.54) is 25.1 Å². The van der Waals surface area contributed by atoms with Crippen molar-refractivity contribution < 1.29 is 17.6 Å². The van der Waals surface area contributed by atoms with Crippen LogP contribution in [-0.2, 0) is 21.4 Å². The number of thiazole rings is 1. The molecule has 154 valence electrons. The smallest absolute Gasteiger partial charge is 0.308 e. The van der Waals surface area contributed by atoms with Gasteiger partial charge in [0.15, 0.2) is 0 Å². The summed E-state index contributed by atoms with van der Waals surface area (Å²) in [6.45, 7) is 3.79. The molecule has 0 aliphatic heterocycles. The third kappa shape index (κ3) is 4.18. The normalized spacial score (nSPS) is 12.7. The highest BCUT2D eigenvalue weighted by Crippen LogP contribution is 2.26. The van der Waals surface area contributed by atoms with E-state index in [9.17, 15) is 22.4 Å². The van der Waals surface area contributed by atoms with E-state index in [1.54, 1.807) is 22.8 Å². The number of hydrogen-bond acceptors (Lipinski definition) is 5. The number of anilines is 2. The Bertz CT molecular complexity index is 1230. The van der Waals surface area contributed by atoms with Crippen molar-refractivity contribution in [2.24, 2.45) is 0 Å². The zero-order valence-corrected chi connectivity index (χ0v) is 17.7. The molecule has 2 aromatic carbocycles. The summed E-state index contributed by atoms with van der Waals surface area (Å²) in [6, 6.07) is 9.19. The number of nitrogens with zero attached hydrogens (tertiary/aromatic N) is 2. The number of aromatic nitrogens is 1. The molecule has 1 atom stereocenters. The van der Waals surface area contributed by atoms with Crippen LogP contribution in [-0.4, -0.2) is 31.2 Å². The third-order valence-electron chi connectivity index (χ3n) is 4.43. The van der Waals surface area contributed by atoms with E-state index in [0.717, 1.165) is 33.5 Å². The lowest BCUT2D eigenvalue weighted by atomic mass is 10.2. The molecular formula is C19H20FN3O4S2. The van der Waals surface area contributed by atoms with Crippen LogP contribution in [0.2, 0.25) is 0 Å². The predicted molar refractivity (Wildman–Crippen MR) is 114 cm³/mol. The molecule has 0 saturated carbocycles. The van der Waals surface area contributed by atoms with Gasteiger partial charge in [0, 0.05) is 12.2 Å². The van der Waals surface area contributed by atoms with Gasteiger partial charge in [-0.05, 0) is 44.2 Å². The van der Waals surface area contributed by atoms with Crippen LogP contribution < -0.4 is 14.5 Å². The molecule has 3 rings (SSSR count). The summed E-state index contributed by atoms with van der Waals surface area (Å²) in [6.07, 6.45) is 0.917. The summed E-state index contributed by atoms with van der Waals surface area (Å²) in [4.78, 5) is 24.6. The molecule has 29 heavy (non-hydrogen) atoms. The van der Waals surface area contributed by atoms with E-state index in [1.807, 2.05) is 6.92 Å². The number of para-hydroxylation sites is 1. The summed E-state index contributed by atoms with van der Waals surface area (Å²) in [5, 5.41) is 2.65. The first-order valence-electron chi connectivity index (χ1n) is 8.81. The second-order valence-corrected chi connectivity index (χ2v) is 9.32. The molecule has 0 fully saturated rings. The fraction of sp³-hybridized carbons (Fsp3) is 0.263. The highest BCUT2D eigenvalue weighted by atomic mass is 32.2. The van der Waals surface area contributed by atoms with Crippen LogP contribution in [0.25, 0.3) is 10.2 Å². The number of amides is 1. The monoisotopic (exact) mass is 437 g/mol. The van der Waals surface area contributed by atoms with Crippen LogP contribution in [0.3, 0.4) is 0 Å². The maximum absolute atomic E-state index is 14.2. The largest absolute Gasteiger partial charge is 0.324 e. The summed E-state index contributed by atoms with van der Waals surface area (Å²) in [5.74, 6) is -1.37. The van der Waals surface area contributed by atoms with Crippen molar-refractivity contribution in [3.05, 3.63) is 57.9 Å². The predicted octanol–water partition coefficient (Wildman–Crippen LogP) is 3.02. The van der Waals surface area contributed by atoms with E-state index in [4.69, 9.17) is 0 Å². The summed E-state index contributed by atoms with van der Waals surface area (Å²) < 4.78 is 41.8. The van der Waals surface area contributed by atoms with Crippen LogP contribution in [0.1, 0.15) is 13.8 Å². The van der Waals surface area contributed by atoms with Gasteiger partial charge in [-0.15, -0.1) is 0 Å². The third-order valence-corrected chi connectivity index (χ3v) is 6.60. The number of carbonyl (C=O) groups is 1. The number of rotatable bonds is 6. The number of carbonyl (C=O) groups excluding carboxylic acids is 1. The Hall–Kier alpha value is -2.72. The average molecular weight is 438 g/mol. The Morgan fingerprint density at radius 2 is 1.97 bits per heavy atom. The maximum atomic E-state index is 14.2. The van der Waals surface area contributed by atoms with Crippen LogP contribution in [0.5, 0.6) is 0 Å². The van der Waals surface area contributed by atoms with Crippen molar-refractivity contribution in [1.29, 1.82) is 0 Å². The average Bonchev–Trinajstić information content (AvgIpc) is 2.96. The highest BCUT2D eigenvalue weighted by molar-refractivity contribution is 7.92. The Kier molecular flexibility index (Phi) is 5.76. The molecule has 10 heteroatoms. The Balaban J connectivity index is 1.91. The van der Waals surface area contributed by atoms with E-state index >= 15 is 0 Å². The van der Waals surface area contributed by atoms with Gasteiger partial charge in [0.25, 0.3) is 0 Å². The van der Waals surface area contributed by atoms with Crippen molar-refractivity contribution in [1.82, 2.24) is 4.57 Å². The molecule has 0 bridgehead atoms.